The minimum atomic E-state index is 0.534. The quantitative estimate of drug-likeness (QED) is 0.641. The van der Waals surface area contributed by atoms with Crippen molar-refractivity contribution in [1.29, 1.82) is 0 Å². The summed E-state index contributed by atoms with van der Waals surface area (Å²) in [6.07, 6.45) is 4.15. The molecule has 7 heteroatoms. The Bertz CT molecular complexity index is 701. The molecule has 24 heavy (non-hydrogen) atoms. The number of hydrogen-bond acceptors (Lipinski definition) is 4. The molecule has 1 aliphatic rings. The van der Waals surface area contributed by atoms with Crippen LogP contribution in [0.1, 0.15) is 11.1 Å². The highest BCUT2D eigenvalue weighted by Gasteiger charge is 2.16. The van der Waals surface area contributed by atoms with Crippen molar-refractivity contribution >= 4 is 17.6 Å². The number of benzene rings is 1. The van der Waals surface area contributed by atoms with Crippen molar-refractivity contribution in [2.24, 2.45) is 4.99 Å². The summed E-state index contributed by atoms with van der Waals surface area (Å²) in [5.74, 6) is 2.09. The molecule has 3 rings (SSSR count). The molecular weight excluding hydrogens is 330 g/mol. The van der Waals surface area contributed by atoms with Crippen LogP contribution in [0, 0.1) is 0 Å². The third-order valence-electron chi connectivity index (χ3n) is 3.63. The first-order valence-electron chi connectivity index (χ1n) is 7.80. The van der Waals surface area contributed by atoms with Gasteiger partial charge in [0.15, 0.2) is 17.5 Å². The molecule has 2 heterocycles. The topological polar surface area (TPSA) is 68.0 Å². The molecule has 0 bridgehead atoms. The third kappa shape index (κ3) is 4.14. The minimum absolute atomic E-state index is 0.534. The minimum Gasteiger partial charge on any atom is -0.486 e. The molecule has 0 unspecified atom stereocenters. The number of aliphatic imine (C=N–C) groups is 1. The maximum atomic E-state index is 6.25. The number of ether oxygens (including phenoxy) is 2. The lowest BCUT2D eigenvalue weighted by molar-refractivity contribution is 0.171. The number of fused-ring (bicyclic) bond motifs is 1. The van der Waals surface area contributed by atoms with Crippen LogP contribution < -0.4 is 20.1 Å². The van der Waals surface area contributed by atoms with E-state index in [0.29, 0.717) is 36.3 Å². The van der Waals surface area contributed by atoms with Gasteiger partial charge in [-0.05, 0) is 30.2 Å². The lowest BCUT2D eigenvalue weighted by atomic mass is 10.1. The molecule has 0 atom stereocenters. The zero-order valence-electron chi connectivity index (χ0n) is 13.5. The van der Waals surface area contributed by atoms with Crippen LogP contribution in [0.3, 0.4) is 0 Å². The lowest BCUT2D eigenvalue weighted by Gasteiger charge is -2.20. The molecule has 128 valence electrons. The molecule has 0 aliphatic carbocycles. The first-order chi connectivity index (χ1) is 11.8. The SMILES string of the molecule is CN=C(NCCc1cc(Cl)c2c(c1)OCCO2)NCc1ccoc1. The van der Waals surface area contributed by atoms with E-state index in [1.54, 1.807) is 19.6 Å². The van der Waals surface area contributed by atoms with Crippen LogP contribution >= 0.6 is 11.6 Å². The summed E-state index contributed by atoms with van der Waals surface area (Å²) in [6.45, 7) is 2.47. The van der Waals surface area contributed by atoms with Crippen LogP contribution in [-0.4, -0.2) is 32.8 Å². The van der Waals surface area contributed by atoms with E-state index in [-0.39, 0.29) is 0 Å². The lowest BCUT2D eigenvalue weighted by Crippen LogP contribution is -2.37. The molecule has 6 nitrogen and oxygen atoms in total. The van der Waals surface area contributed by atoms with Gasteiger partial charge < -0.3 is 24.5 Å². The molecule has 1 aromatic heterocycles. The van der Waals surface area contributed by atoms with Crippen LogP contribution in [-0.2, 0) is 13.0 Å². The average Bonchev–Trinajstić information content (AvgIpc) is 3.11. The van der Waals surface area contributed by atoms with Crippen LogP contribution in [0.15, 0.2) is 40.1 Å². The van der Waals surface area contributed by atoms with Crippen molar-refractivity contribution in [1.82, 2.24) is 10.6 Å². The van der Waals surface area contributed by atoms with Crippen LogP contribution in [0.4, 0.5) is 0 Å². The molecule has 0 saturated carbocycles. The first-order valence-corrected chi connectivity index (χ1v) is 8.17. The largest absolute Gasteiger partial charge is 0.486 e. The number of hydrogen-bond donors (Lipinski definition) is 2. The fourth-order valence-electron chi connectivity index (χ4n) is 2.43. The summed E-state index contributed by atoms with van der Waals surface area (Å²) in [5, 5.41) is 7.09. The number of nitrogens with one attached hydrogen (secondary N) is 2. The fourth-order valence-corrected chi connectivity index (χ4v) is 2.72. The van der Waals surface area contributed by atoms with E-state index in [2.05, 4.69) is 15.6 Å². The van der Waals surface area contributed by atoms with Crippen LogP contribution in [0.25, 0.3) is 0 Å². The smallest absolute Gasteiger partial charge is 0.191 e. The Balaban J connectivity index is 1.51. The maximum absolute atomic E-state index is 6.25. The van der Waals surface area contributed by atoms with E-state index in [4.69, 9.17) is 25.5 Å². The van der Waals surface area contributed by atoms with Gasteiger partial charge in [-0.1, -0.05) is 11.6 Å². The number of furan rings is 1. The Hall–Kier alpha value is -2.34. The third-order valence-corrected chi connectivity index (χ3v) is 3.91. The number of guanidine groups is 1. The highest BCUT2D eigenvalue weighted by molar-refractivity contribution is 6.32. The highest BCUT2D eigenvalue weighted by atomic mass is 35.5. The average molecular weight is 350 g/mol. The molecular formula is C17H20ClN3O3. The highest BCUT2D eigenvalue weighted by Crippen LogP contribution is 2.38. The van der Waals surface area contributed by atoms with Gasteiger partial charge in [0.1, 0.15) is 13.2 Å². The number of halogens is 1. The summed E-state index contributed by atoms with van der Waals surface area (Å²) >= 11 is 6.25. The van der Waals surface area contributed by atoms with Crippen molar-refractivity contribution in [2.45, 2.75) is 13.0 Å². The Morgan fingerprint density at radius 3 is 2.88 bits per heavy atom. The molecule has 0 saturated heterocycles. The molecule has 0 spiro atoms. The van der Waals surface area contributed by atoms with E-state index in [9.17, 15) is 0 Å². The zero-order valence-corrected chi connectivity index (χ0v) is 14.2. The van der Waals surface area contributed by atoms with Gasteiger partial charge in [0.25, 0.3) is 0 Å². The predicted octanol–water partition coefficient (Wildman–Crippen LogP) is 2.61. The second-order valence-electron chi connectivity index (χ2n) is 5.34. The van der Waals surface area contributed by atoms with Crippen molar-refractivity contribution in [3.05, 3.63) is 46.9 Å². The van der Waals surface area contributed by atoms with Gasteiger partial charge in [0.05, 0.1) is 17.5 Å². The van der Waals surface area contributed by atoms with E-state index in [0.717, 1.165) is 30.1 Å². The second-order valence-corrected chi connectivity index (χ2v) is 5.74. The zero-order chi connectivity index (χ0) is 16.8. The molecule has 1 aliphatic heterocycles. The van der Waals surface area contributed by atoms with Crippen molar-refractivity contribution < 1.29 is 13.9 Å². The fraction of sp³-hybridized carbons (Fsp3) is 0.353. The summed E-state index contributed by atoms with van der Waals surface area (Å²) in [7, 11) is 1.74. The van der Waals surface area contributed by atoms with E-state index < -0.39 is 0 Å². The summed E-state index contributed by atoms with van der Waals surface area (Å²) in [6, 6.07) is 5.81. The van der Waals surface area contributed by atoms with Gasteiger partial charge in [0, 0.05) is 25.7 Å². The van der Waals surface area contributed by atoms with E-state index in [1.165, 1.54) is 0 Å². The Morgan fingerprint density at radius 1 is 1.21 bits per heavy atom. The summed E-state index contributed by atoms with van der Waals surface area (Å²) < 4.78 is 16.2. The van der Waals surface area contributed by atoms with Gasteiger partial charge in [-0.2, -0.15) is 0 Å². The number of nitrogens with zero attached hydrogens (tertiary/aromatic N) is 1. The molecule has 2 N–H and O–H groups in total. The Kier molecular flexibility index (Phi) is 5.48. The van der Waals surface area contributed by atoms with Gasteiger partial charge in [-0.3, -0.25) is 4.99 Å². The molecule has 1 aromatic carbocycles. The predicted molar refractivity (Wildman–Crippen MR) is 93.1 cm³/mol. The monoisotopic (exact) mass is 349 g/mol. The molecule has 0 amide bonds. The van der Waals surface area contributed by atoms with Crippen molar-refractivity contribution in [3.8, 4) is 11.5 Å². The molecule has 2 aromatic rings. The van der Waals surface area contributed by atoms with Crippen LogP contribution in [0.2, 0.25) is 5.02 Å². The Morgan fingerprint density at radius 2 is 2.08 bits per heavy atom. The molecule has 0 radical (unpaired) electrons. The van der Waals surface area contributed by atoms with Gasteiger partial charge >= 0.3 is 0 Å². The standard InChI is InChI=1S/C17H20ClN3O3/c1-19-17(21-10-13-3-5-22-11-13)20-4-2-12-8-14(18)16-15(9-12)23-6-7-24-16/h3,5,8-9,11H,2,4,6-7,10H2,1H3,(H2,19,20,21). The maximum Gasteiger partial charge on any atom is 0.191 e. The van der Waals surface area contributed by atoms with E-state index in [1.807, 2.05) is 18.2 Å². The Labute approximate surface area is 145 Å². The first kappa shape index (κ1) is 16.5. The van der Waals surface area contributed by atoms with Gasteiger partial charge in [0.2, 0.25) is 0 Å². The van der Waals surface area contributed by atoms with Crippen molar-refractivity contribution in [3.63, 3.8) is 0 Å². The van der Waals surface area contributed by atoms with Crippen molar-refractivity contribution in [2.75, 3.05) is 26.8 Å². The molecule has 0 fully saturated rings. The van der Waals surface area contributed by atoms with E-state index >= 15 is 0 Å². The second kappa shape index (κ2) is 7.97. The van der Waals surface area contributed by atoms with Crippen LogP contribution in [0.5, 0.6) is 11.5 Å². The van der Waals surface area contributed by atoms with Gasteiger partial charge in [-0.25, -0.2) is 0 Å². The summed E-state index contributed by atoms with van der Waals surface area (Å²) in [5.41, 5.74) is 2.15. The van der Waals surface area contributed by atoms with Gasteiger partial charge in [-0.15, -0.1) is 0 Å². The summed E-state index contributed by atoms with van der Waals surface area (Å²) in [4.78, 5) is 4.20. The normalized spacial score (nSPS) is 13.7. The number of rotatable bonds is 5.